The zero-order valence-corrected chi connectivity index (χ0v) is 20.6. The number of rotatable bonds is 6. The Morgan fingerprint density at radius 2 is 1.76 bits per heavy atom. The first kappa shape index (κ1) is 23.4. The van der Waals surface area contributed by atoms with Crippen molar-refractivity contribution in [2.24, 2.45) is 11.3 Å². The highest BCUT2D eigenvalue weighted by molar-refractivity contribution is 6.29. The van der Waals surface area contributed by atoms with Crippen molar-refractivity contribution in [2.45, 2.75) is 51.2 Å². The highest BCUT2D eigenvalue weighted by Crippen LogP contribution is 2.49. The SMILES string of the molecule is O=C(NC1CC2(CCN(CC3CCN(c4cccc(Cl)n4)CC3)CC2)C1)OCc1ccccc1. The van der Waals surface area contributed by atoms with Crippen LogP contribution in [0.2, 0.25) is 5.15 Å². The summed E-state index contributed by atoms with van der Waals surface area (Å²) >= 11 is 6.06. The van der Waals surface area contributed by atoms with Gasteiger partial charge in [-0.25, -0.2) is 9.78 Å². The Morgan fingerprint density at radius 1 is 1.03 bits per heavy atom. The minimum atomic E-state index is -0.291. The summed E-state index contributed by atoms with van der Waals surface area (Å²) in [5, 5.41) is 3.63. The zero-order chi connectivity index (χ0) is 23.4. The van der Waals surface area contributed by atoms with Gasteiger partial charge in [-0.1, -0.05) is 48.0 Å². The highest BCUT2D eigenvalue weighted by Gasteiger charge is 2.46. The highest BCUT2D eigenvalue weighted by atomic mass is 35.5. The van der Waals surface area contributed by atoms with Gasteiger partial charge in [-0.3, -0.25) is 0 Å². The van der Waals surface area contributed by atoms with Crippen molar-refractivity contribution >= 4 is 23.5 Å². The Kier molecular flexibility index (Phi) is 7.26. The molecule has 0 atom stereocenters. The molecular weight excluding hydrogens is 448 g/mol. The maximum Gasteiger partial charge on any atom is 0.407 e. The van der Waals surface area contributed by atoms with Crippen molar-refractivity contribution < 1.29 is 9.53 Å². The maximum absolute atomic E-state index is 12.1. The summed E-state index contributed by atoms with van der Waals surface area (Å²) < 4.78 is 5.38. The summed E-state index contributed by atoms with van der Waals surface area (Å²) in [5.41, 5.74) is 1.44. The van der Waals surface area contributed by atoms with Crippen LogP contribution in [0.25, 0.3) is 0 Å². The summed E-state index contributed by atoms with van der Waals surface area (Å²) in [6, 6.07) is 16.0. The molecule has 34 heavy (non-hydrogen) atoms. The van der Waals surface area contributed by atoms with Crippen molar-refractivity contribution in [1.82, 2.24) is 15.2 Å². The molecule has 3 heterocycles. The topological polar surface area (TPSA) is 57.7 Å². The fourth-order valence-corrected chi connectivity index (χ4v) is 6.08. The number of likely N-dealkylation sites (tertiary alicyclic amines) is 1. The van der Waals surface area contributed by atoms with E-state index < -0.39 is 0 Å². The number of piperidine rings is 2. The number of alkyl carbamates (subject to hydrolysis) is 1. The van der Waals surface area contributed by atoms with Crippen LogP contribution in [0.4, 0.5) is 10.6 Å². The smallest absolute Gasteiger partial charge is 0.407 e. The van der Waals surface area contributed by atoms with Gasteiger partial charge in [0.2, 0.25) is 0 Å². The largest absolute Gasteiger partial charge is 0.445 e. The van der Waals surface area contributed by atoms with E-state index in [-0.39, 0.29) is 12.1 Å². The number of aromatic nitrogens is 1. The van der Waals surface area contributed by atoms with Gasteiger partial charge in [0.15, 0.2) is 0 Å². The Hall–Kier alpha value is -2.31. The van der Waals surface area contributed by atoms with Gasteiger partial charge in [0.25, 0.3) is 0 Å². The van der Waals surface area contributed by atoms with E-state index in [1.807, 2.05) is 42.5 Å². The van der Waals surface area contributed by atoms with E-state index in [1.54, 1.807) is 0 Å². The molecule has 3 aliphatic rings. The number of halogens is 1. The van der Waals surface area contributed by atoms with Crippen LogP contribution in [-0.2, 0) is 11.3 Å². The molecule has 2 aromatic rings. The Morgan fingerprint density at radius 3 is 2.47 bits per heavy atom. The molecule has 1 aromatic heterocycles. The van der Waals surface area contributed by atoms with Gasteiger partial charge in [0.1, 0.15) is 17.6 Å². The third-order valence-electron chi connectivity index (χ3n) is 7.97. The second-order valence-corrected chi connectivity index (χ2v) is 10.7. The molecule has 0 radical (unpaired) electrons. The lowest BCUT2D eigenvalue weighted by atomic mass is 9.60. The number of benzene rings is 1. The summed E-state index contributed by atoms with van der Waals surface area (Å²) in [6.45, 7) is 6.02. The molecule has 1 aromatic carbocycles. The number of ether oxygens (including phenoxy) is 1. The van der Waals surface area contributed by atoms with Crippen LogP contribution in [0.3, 0.4) is 0 Å². The van der Waals surface area contributed by atoms with Gasteiger partial charge in [-0.2, -0.15) is 0 Å². The summed E-state index contributed by atoms with van der Waals surface area (Å²) in [5.74, 6) is 1.77. The Balaban J connectivity index is 0.980. The van der Waals surface area contributed by atoms with Crippen LogP contribution >= 0.6 is 11.6 Å². The van der Waals surface area contributed by atoms with E-state index in [1.165, 1.54) is 45.3 Å². The number of nitrogens with one attached hydrogen (secondary N) is 1. The van der Waals surface area contributed by atoms with Crippen LogP contribution in [0.1, 0.15) is 44.1 Å². The molecule has 7 heteroatoms. The second kappa shape index (κ2) is 10.5. The average molecular weight is 483 g/mol. The number of carbonyl (C=O) groups excluding carboxylic acids is 1. The van der Waals surface area contributed by atoms with E-state index in [4.69, 9.17) is 16.3 Å². The lowest BCUT2D eigenvalue weighted by Gasteiger charge is -2.52. The van der Waals surface area contributed by atoms with E-state index in [0.717, 1.165) is 43.2 Å². The lowest BCUT2D eigenvalue weighted by molar-refractivity contribution is 0.000387. The zero-order valence-electron chi connectivity index (χ0n) is 19.8. The number of amides is 1. The van der Waals surface area contributed by atoms with E-state index in [2.05, 4.69) is 26.2 Å². The molecule has 182 valence electrons. The molecule has 1 amide bonds. The van der Waals surface area contributed by atoms with Gasteiger partial charge in [-0.05, 0) is 80.6 Å². The average Bonchev–Trinajstić information content (AvgIpc) is 2.84. The fourth-order valence-electron chi connectivity index (χ4n) is 5.92. The molecule has 5 rings (SSSR count). The van der Waals surface area contributed by atoms with Gasteiger partial charge in [0.05, 0.1) is 0 Å². The molecule has 1 spiro atoms. The number of carbonyl (C=O) groups is 1. The van der Waals surface area contributed by atoms with Crippen LogP contribution in [0.15, 0.2) is 48.5 Å². The molecule has 2 aliphatic heterocycles. The number of anilines is 1. The van der Waals surface area contributed by atoms with Crippen molar-refractivity contribution in [2.75, 3.05) is 37.6 Å². The first-order valence-electron chi connectivity index (χ1n) is 12.6. The van der Waals surface area contributed by atoms with Crippen molar-refractivity contribution in [3.05, 3.63) is 59.2 Å². The molecule has 0 bridgehead atoms. The van der Waals surface area contributed by atoms with E-state index >= 15 is 0 Å². The molecular formula is C27H35ClN4O2. The molecule has 1 aliphatic carbocycles. The van der Waals surface area contributed by atoms with Crippen molar-refractivity contribution in [1.29, 1.82) is 0 Å². The summed E-state index contributed by atoms with van der Waals surface area (Å²) in [6.07, 6.45) is 6.81. The Bertz CT molecular complexity index is 948. The quantitative estimate of drug-likeness (QED) is 0.579. The van der Waals surface area contributed by atoms with Gasteiger partial charge in [-0.15, -0.1) is 0 Å². The molecule has 3 fully saturated rings. The monoisotopic (exact) mass is 482 g/mol. The summed E-state index contributed by atoms with van der Waals surface area (Å²) in [7, 11) is 0. The number of hydrogen-bond acceptors (Lipinski definition) is 5. The maximum atomic E-state index is 12.1. The third kappa shape index (κ3) is 5.84. The minimum absolute atomic E-state index is 0.263. The lowest BCUT2D eigenvalue weighted by Crippen LogP contribution is -2.55. The predicted molar refractivity (Wildman–Crippen MR) is 135 cm³/mol. The normalized spacial score (nSPS) is 21.3. The van der Waals surface area contributed by atoms with Gasteiger partial charge < -0.3 is 19.9 Å². The third-order valence-corrected chi connectivity index (χ3v) is 8.18. The second-order valence-electron chi connectivity index (χ2n) is 10.4. The van der Waals surface area contributed by atoms with Crippen molar-refractivity contribution in [3.63, 3.8) is 0 Å². The molecule has 6 nitrogen and oxygen atoms in total. The van der Waals surface area contributed by atoms with Crippen LogP contribution in [-0.4, -0.2) is 54.7 Å². The van der Waals surface area contributed by atoms with E-state index in [9.17, 15) is 4.79 Å². The number of nitrogens with zero attached hydrogens (tertiary/aromatic N) is 3. The Labute approximate surface area is 207 Å². The first-order valence-corrected chi connectivity index (χ1v) is 13.0. The minimum Gasteiger partial charge on any atom is -0.445 e. The molecule has 2 saturated heterocycles. The fraction of sp³-hybridized carbons (Fsp3) is 0.556. The number of pyridine rings is 1. The molecule has 0 unspecified atom stereocenters. The first-order chi connectivity index (χ1) is 16.6. The number of hydrogen-bond donors (Lipinski definition) is 1. The van der Waals surface area contributed by atoms with Crippen molar-refractivity contribution in [3.8, 4) is 0 Å². The molecule has 1 saturated carbocycles. The van der Waals surface area contributed by atoms with Crippen LogP contribution in [0, 0.1) is 11.3 Å². The van der Waals surface area contributed by atoms with Gasteiger partial charge in [0, 0.05) is 25.7 Å². The standard InChI is InChI=1S/C27H35ClN4O2/c28-24-7-4-8-25(30-24)32-13-9-21(10-14-32)19-31-15-11-27(12-16-31)17-23(18-27)29-26(33)34-20-22-5-2-1-3-6-22/h1-8,21,23H,9-20H2,(H,29,33). The van der Waals surface area contributed by atoms with Crippen LogP contribution in [0.5, 0.6) is 0 Å². The predicted octanol–water partition coefficient (Wildman–Crippen LogP) is 5.12. The van der Waals surface area contributed by atoms with E-state index in [0.29, 0.717) is 17.2 Å². The van der Waals surface area contributed by atoms with Gasteiger partial charge >= 0.3 is 6.09 Å². The summed E-state index contributed by atoms with van der Waals surface area (Å²) in [4.78, 5) is 21.6. The molecule has 1 N–H and O–H groups in total. The van der Waals surface area contributed by atoms with Crippen LogP contribution < -0.4 is 10.2 Å².